The van der Waals surface area contributed by atoms with Gasteiger partial charge in [-0.2, -0.15) is 18.3 Å². The van der Waals surface area contributed by atoms with Gasteiger partial charge in [-0.1, -0.05) is 24.3 Å². The Balaban J connectivity index is 1.59. The number of carbonyl (C=O) groups is 1. The molecular formula is C24H23F3N4O2. The summed E-state index contributed by atoms with van der Waals surface area (Å²) in [6, 6.07) is 13.5. The zero-order valence-corrected chi connectivity index (χ0v) is 18.0. The minimum atomic E-state index is -4.52. The Kier molecular flexibility index (Phi) is 6.22. The molecule has 0 radical (unpaired) electrons. The maximum Gasteiger partial charge on any atom is 0.416 e. The molecule has 0 atom stereocenters. The zero-order chi connectivity index (χ0) is 23.6. The lowest BCUT2D eigenvalue weighted by atomic mass is 10.1. The van der Waals surface area contributed by atoms with Crippen LogP contribution in [0.25, 0.3) is 5.69 Å². The molecule has 1 N–H and O–H groups in total. The van der Waals surface area contributed by atoms with Crippen molar-refractivity contribution >= 4 is 11.6 Å². The Morgan fingerprint density at radius 2 is 1.79 bits per heavy atom. The second-order valence-electron chi connectivity index (χ2n) is 7.96. The van der Waals surface area contributed by atoms with Crippen LogP contribution in [0.5, 0.6) is 0 Å². The molecule has 9 heteroatoms. The average molecular weight is 456 g/mol. The topological polar surface area (TPSA) is 67.2 Å². The van der Waals surface area contributed by atoms with Crippen LogP contribution in [0.15, 0.2) is 59.4 Å². The Labute approximate surface area is 188 Å². The predicted octanol–water partition coefficient (Wildman–Crippen LogP) is 4.09. The number of hydrogen-bond acceptors (Lipinski definition) is 4. The summed E-state index contributed by atoms with van der Waals surface area (Å²) >= 11 is 0. The summed E-state index contributed by atoms with van der Waals surface area (Å²) in [7, 11) is 0. The molecule has 6 nitrogen and oxygen atoms in total. The number of aryl methyl sites for hydroxylation is 1. The molecule has 1 aliphatic heterocycles. The molecule has 3 aromatic rings. The number of nitrogens with zero attached hydrogens (tertiary/aromatic N) is 3. The van der Waals surface area contributed by atoms with Crippen LogP contribution >= 0.6 is 0 Å². The summed E-state index contributed by atoms with van der Waals surface area (Å²) in [5, 5.41) is 6.82. The number of rotatable bonds is 5. The highest BCUT2D eigenvalue weighted by Crippen LogP contribution is 2.30. The summed E-state index contributed by atoms with van der Waals surface area (Å²) in [6.45, 7) is 3.64. The maximum absolute atomic E-state index is 13.1. The lowest BCUT2D eigenvalue weighted by Crippen LogP contribution is -2.32. The molecule has 0 aliphatic carbocycles. The van der Waals surface area contributed by atoms with Crippen molar-refractivity contribution in [3.63, 3.8) is 0 Å². The van der Waals surface area contributed by atoms with Crippen molar-refractivity contribution in [2.45, 2.75) is 32.5 Å². The number of benzene rings is 2. The number of carbonyl (C=O) groups excluding carboxylic acids is 1. The molecule has 0 spiro atoms. The largest absolute Gasteiger partial charge is 0.416 e. The van der Waals surface area contributed by atoms with Crippen LogP contribution < -0.4 is 15.6 Å². The van der Waals surface area contributed by atoms with E-state index in [-0.39, 0.29) is 17.9 Å². The molecule has 0 saturated carbocycles. The molecule has 1 fully saturated rings. The molecule has 1 amide bonds. The highest BCUT2D eigenvalue weighted by Gasteiger charge is 2.30. The maximum atomic E-state index is 13.1. The number of amides is 1. The number of aromatic nitrogens is 2. The fourth-order valence-electron chi connectivity index (χ4n) is 3.97. The van der Waals surface area contributed by atoms with E-state index in [0.29, 0.717) is 5.69 Å². The molecule has 0 bridgehead atoms. The number of halogens is 3. The van der Waals surface area contributed by atoms with Gasteiger partial charge in [0.25, 0.3) is 5.91 Å². The van der Waals surface area contributed by atoms with E-state index in [0.717, 1.165) is 49.3 Å². The van der Waals surface area contributed by atoms with E-state index in [2.05, 4.69) is 15.3 Å². The monoisotopic (exact) mass is 456 g/mol. The lowest BCUT2D eigenvalue weighted by Gasteiger charge is -2.21. The first-order valence-electron chi connectivity index (χ1n) is 10.6. The minimum absolute atomic E-state index is 0.107. The number of anilines is 1. The van der Waals surface area contributed by atoms with Crippen LogP contribution in [0.3, 0.4) is 0 Å². The third kappa shape index (κ3) is 4.92. The lowest BCUT2D eigenvalue weighted by molar-refractivity contribution is -0.137. The molecule has 1 aliphatic rings. The molecule has 172 valence electrons. The van der Waals surface area contributed by atoms with Crippen molar-refractivity contribution in [2.24, 2.45) is 0 Å². The first-order chi connectivity index (χ1) is 15.7. The zero-order valence-electron chi connectivity index (χ0n) is 18.0. The van der Waals surface area contributed by atoms with Gasteiger partial charge >= 0.3 is 6.18 Å². The second-order valence-corrected chi connectivity index (χ2v) is 7.96. The van der Waals surface area contributed by atoms with Crippen molar-refractivity contribution in [3.8, 4) is 5.69 Å². The molecule has 2 aromatic carbocycles. The third-order valence-corrected chi connectivity index (χ3v) is 5.62. The number of para-hydroxylation sites is 1. The second kappa shape index (κ2) is 9.09. The molecule has 4 rings (SSSR count). The highest BCUT2D eigenvalue weighted by atomic mass is 19.4. The van der Waals surface area contributed by atoms with E-state index >= 15 is 0 Å². The fraction of sp³-hybridized carbons (Fsp3) is 0.292. The van der Waals surface area contributed by atoms with E-state index in [1.165, 1.54) is 22.9 Å². The van der Waals surface area contributed by atoms with Crippen molar-refractivity contribution in [3.05, 3.63) is 87.3 Å². The molecule has 1 saturated heterocycles. The Morgan fingerprint density at radius 1 is 1.06 bits per heavy atom. The first kappa shape index (κ1) is 22.6. The van der Waals surface area contributed by atoms with Gasteiger partial charge < -0.3 is 10.2 Å². The smallest absolute Gasteiger partial charge is 0.371 e. The number of nitrogens with one attached hydrogen (secondary N) is 1. The predicted molar refractivity (Wildman–Crippen MR) is 119 cm³/mol. The van der Waals surface area contributed by atoms with Crippen LogP contribution in [0.2, 0.25) is 0 Å². The van der Waals surface area contributed by atoms with Crippen LogP contribution in [0.1, 0.15) is 40.2 Å². The first-order valence-corrected chi connectivity index (χ1v) is 10.6. The summed E-state index contributed by atoms with van der Waals surface area (Å²) in [4.78, 5) is 27.5. The van der Waals surface area contributed by atoms with Gasteiger partial charge in [0.05, 0.1) is 11.3 Å². The van der Waals surface area contributed by atoms with Crippen LogP contribution in [-0.4, -0.2) is 28.8 Å². The third-order valence-electron chi connectivity index (χ3n) is 5.62. The van der Waals surface area contributed by atoms with E-state index in [4.69, 9.17) is 0 Å². The molecule has 33 heavy (non-hydrogen) atoms. The van der Waals surface area contributed by atoms with Crippen molar-refractivity contribution in [2.75, 3.05) is 18.0 Å². The van der Waals surface area contributed by atoms with Crippen LogP contribution in [0.4, 0.5) is 18.9 Å². The summed E-state index contributed by atoms with van der Waals surface area (Å²) in [5.41, 5.74) is 0.555. The molecular weight excluding hydrogens is 433 g/mol. The van der Waals surface area contributed by atoms with Crippen molar-refractivity contribution in [1.29, 1.82) is 0 Å². The van der Waals surface area contributed by atoms with E-state index in [1.807, 2.05) is 24.3 Å². The minimum Gasteiger partial charge on any atom is -0.371 e. The van der Waals surface area contributed by atoms with E-state index in [9.17, 15) is 22.8 Å². The quantitative estimate of drug-likeness (QED) is 0.628. The van der Waals surface area contributed by atoms with Crippen LogP contribution in [-0.2, 0) is 12.7 Å². The van der Waals surface area contributed by atoms with Gasteiger partial charge in [-0.05, 0) is 49.6 Å². The molecule has 2 heterocycles. The van der Waals surface area contributed by atoms with Gasteiger partial charge in [0.15, 0.2) is 5.69 Å². The Bertz CT molecular complexity index is 1230. The fourth-order valence-corrected chi connectivity index (χ4v) is 3.97. The summed E-state index contributed by atoms with van der Waals surface area (Å²) in [5.74, 6) is -0.683. The molecule has 0 unspecified atom stereocenters. The summed E-state index contributed by atoms with van der Waals surface area (Å²) in [6.07, 6.45) is -2.29. The van der Waals surface area contributed by atoms with Gasteiger partial charge in [-0.25, -0.2) is 4.68 Å². The van der Waals surface area contributed by atoms with Gasteiger partial charge in [-0.15, -0.1) is 0 Å². The Hall–Kier alpha value is -3.62. The van der Waals surface area contributed by atoms with E-state index in [1.54, 1.807) is 6.92 Å². The van der Waals surface area contributed by atoms with Gasteiger partial charge in [-0.3, -0.25) is 9.59 Å². The SMILES string of the molecule is Cc1cc(=O)c(C(=O)NCc2ccccc2N2CCCC2)nn1-c1cccc(C(F)(F)F)c1. The molecule has 1 aromatic heterocycles. The average Bonchev–Trinajstić information content (AvgIpc) is 3.32. The Morgan fingerprint density at radius 3 is 2.52 bits per heavy atom. The number of alkyl halides is 3. The highest BCUT2D eigenvalue weighted by molar-refractivity contribution is 5.92. The van der Waals surface area contributed by atoms with E-state index < -0.39 is 23.1 Å². The summed E-state index contributed by atoms with van der Waals surface area (Å²) < 4.78 is 40.5. The van der Waals surface area contributed by atoms with Crippen LogP contribution in [0, 0.1) is 6.92 Å². The number of hydrogen-bond donors (Lipinski definition) is 1. The standard InChI is InChI=1S/C24H23F3N4O2/c1-16-13-21(32)22(29-31(16)19-9-6-8-18(14-19)24(25,26)27)23(33)28-15-17-7-2-3-10-20(17)30-11-4-5-12-30/h2-3,6-10,13-14H,4-5,11-12,15H2,1H3,(H,28,33). The van der Waals surface area contributed by atoms with Crippen molar-refractivity contribution < 1.29 is 18.0 Å². The normalized spacial score (nSPS) is 13.9. The van der Waals surface area contributed by atoms with Crippen molar-refractivity contribution in [1.82, 2.24) is 15.1 Å². The van der Waals surface area contributed by atoms with Gasteiger partial charge in [0, 0.05) is 37.1 Å². The van der Waals surface area contributed by atoms with Gasteiger partial charge in [0.1, 0.15) is 0 Å². The van der Waals surface area contributed by atoms with Gasteiger partial charge in [0.2, 0.25) is 5.43 Å².